The highest BCUT2D eigenvalue weighted by Crippen LogP contribution is 2.25. The number of likely N-dealkylation sites (N-methyl/N-ethyl adjacent to an activating group) is 1. The Kier molecular flexibility index (Phi) is 5.22. The van der Waals surface area contributed by atoms with Crippen LogP contribution in [0.4, 0.5) is 0 Å². The van der Waals surface area contributed by atoms with Crippen molar-refractivity contribution >= 4 is 17.2 Å². The summed E-state index contributed by atoms with van der Waals surface area (Å²) < 4.78 is 10.7. The lowest BCUT2D eigenvalue weighted by molar-refractivity contribution is -0.132. The zero-order chi connectivity index (χ0) is 15.2. The topological polar surface area (TPSA) is 38.8 Å². The quantitative estimate of drug-likeness (QED) is 0.823. The SMILES string of the molecule is COc1ccccc1OCC(=O)N(C)Cc1sccc1C. The number of ether oxygens (including phenoxy) is 2. The van der Waals surface area contributed by atoms with Crippen LogP contribution in [0, 0.1) is 6.92 Å². The summed E-state index contributed by atoms with van der Waals surface area (Å²) in [6, 6.07) is 9.36. The second-order valence-electron chi connectivity index (χ2n) is 4.72. The predicted molar refractivity (Wildman–Crippen MR) is 84.0 cm³/mol. The van der Waals surface area contributed by atoms with Gasteiger partial charge in [0, 0.05) is 11.9 Å². The van der Waals surface area contributed by atoms with Crippen molar-refractivity contribution in [2.45, 2.75) is 13.5 Å². The number of methoxy groups -OCH3 is 1. The molecule has 0 fully saturated rings. The van der Waals surface area contributed by atoms with E-state index in [0.29, 0.717) is 18.0 Å². The van der Waals surface area contributed by atoms with Gasteiger partial charge in [0.1, 0.15) is 0 Å². The van der Waals surface area contributed by atoms with E-state index in [-0.39, 0.29) is 12.5 Å². The summed E-state index contributed by atoms with van der Waals surface area (Å²) in [5.41, 5.74) is 1.21. The Labute approximate surface area is 128 Å². The third-order valence-electron chi connectivity index (χ3n) is 3.19. The Morgan fingerprint density at radius 2 is 1.95 bits per heavy atom. The fourth-order valence-corrected chi connectivity index (χ4v) is 2.82. The van der Waals surface area contributed by atoms with Gasteiger partial charge in [-0.1, -0.05) is 12.1 Å². The molecule has 0 saturated carbocycles. The van der Waals surface area contributed by atoms with Gasteiger partial charge in [-0.15, -0.1) is 11.3 Å². The Hall–Kier alpha value is -2.01. The highest BCUT2D eigenvalue weighted by molar-refractivity contribution is 7.10. The van der Waals surface area contributed by atoms with Gasteiger partial charge in [-0.2, -0.15) is 0 Å². The first-order chi connectivity index (χ1) is 10.1. The molecule has 0 aliphatic carbocycles. The van der Waals surface area contributed by atoms with Crippen LogP contribution >= 0.6 is 11.3 Å². The van der Waals surface area contributed by atoms with E-state index in [1.165, 1.54) is 10.4 Å². The molecule has 1 aromatic heterocycles. The van der Waals surface area contributed by atoms with E-state index >= 15 is 0 Å². The molecule has 112 valence electrons. The van der Waals surface area contributed by atoms with Gasteiger partial charge in [-0.05, 0) is 36.1 Å². The lowest BCUT2D eigenvalue weighted by Crippen LogP contribution is -2.30. The molecule has 0 aliphatic rings. The van der Waals surface area contributed by atoms with Gasteiger partial charge >= 0.3 is 0 Å². The molecular weight excluding hydrogens is 286 g/mol. The molecule has 21 heavy (non-hydrogen) atoms. The molecule has 1 amide bonds. The highest BCUT2D eigenvalue weighted by Gasteiger charge is 2.13. The summed E-state index contributed by atoms with van der Waals surface area (Å²) in [5.74, 6) is 1.14. The van der Waals surface area contributed by atoms with Crippen LogP contribution in [0.2, 0.25) is 0 Å². The number of nitrogens with zero attached hydrogens (tertiary/aromatic N) is 1. The van der Waals surface area contributed by atoms with E-state index in [4.69, 9.17) is 9.47 Å². The van der Waals surface area contributed by atoms with Crippen LogP contribution in [0.3, 0.4) is 0 Å². The number of hydrogen-bond acceptors (Lipinski definition) is 4. The minimum absolute atomic E-state index is 0.00129. The third-order valence-corrected chi connectivity index (χ3v) is 4.20. The van der Waals surface area contributed by atoms with E-state index < -0.39 is 0 Å². The fraction of sp³-hybridized carbons (Fsp3) is 0.312. The summed E-state index contributed by atoms with van der Waals surface area (Å²) in [6.07, 6.45) is 0. The average Bonchev–Trinajstić information content (AvgIpc) is 2.90. The third kappa shape index (κ3) is 3.98. The van der Waals surface area contributed by atoms with Crippen molar-refractivity contribution in [3.63, 3.8) is 0 Å². The lowest BCUT2D eigenvalue weighted by Gasteiger charge is -2.17. The maximum atomic E-state index is 12.1. The van der Waals surface area contributed by atoms with Crippen molar-refractivity contribution in [3.05, 3.63) is 46.2 Å². The molecule has 0 unspecified atom stereocenters. The molecular formula is C16H19NO3S. The Morgan fingerprint density at radius 1 is 1.24 bits per heavy atom. The Bertz CT molecular complexity index is 609. The summed E-state index contributed by atoms with van der Waals surface area (Å²) >= 11 is 1.66. The summed E-state index contributed by atoms with van der Waals surface area (Å²) in [7, 11) is 3.36. The maximum Gasteiger partial charge on any atom is 0.260 e. The number of rotatable bonds is 6. The number of aryl methyl sites for hydroxylation is 1. The van der Waals surface area contributed by atoms with Gasteiger partial charge < -0.3 is 14.4 Å². The van der Waals surface area contributed by atoms with Crippen molar-refractivity contribution in [2.24, 2.45) is 0 Å². The van der Waals surface area contributed by atoms with Gasteiger partial charge in [-0.25, -0.2) is 0 Å². The lowest BCUT2D eigenvalue weighted by atomic mass is 10.3. The molecule has 0 N–H and O–H groups in total. The molecule has 1 aromatic carbocycles. The minimum Gasteiger partial charge on any atom is -0.493 e. The van der Waals surface area contributed by atoms with Crippen LogP contribution in [-0.4, -0.2) is 31.6 Å². The normalized spacial score (nSPS) is 10.2. The minimum atomic E-state index is -0.0614. The van der Waals surface area contributed by atoms with Crippen LogP contribution < -0.4 is 9.47 Å². The molecule has 0 spiro atoms. The molecule has 0 aliphatic heterocycles. The zero-order valence-electron chi connectivity index (χ0n) is 12.5. The number of thiophene rings is 1. The molecule has 2 rings (SSSR count). The number of carbonyl (C=O) groups is 1. The number of para-hydroxylation sites is 2. The monoisotopic (exact) mass is 305 g/mol. The van der Waals surface area contributed by atoms with Gasteiger partial charge in [-0.3, -0.25) is 4.79 Å². The van der Waals surface area contributed by atoms with Crippen molar-refractivity contribution < 1.29 is 14.3 Å². The molecule has 4 nitrogen and oxygen atoms in total. The fourth-order valence-electron chi connectivity index (χ4n) is 1.86. The zero-order valence-corrected chi connectivity index (χ0v) is 13.3. The summed E-state index contributed by atoms with van der Waals surface area (Å²) in [4.78, 5) is 15.0. The smallest absolute Gasteiger partial charge is 0.260 e. The predicted octanol–water partition coefficient (Wildman–Crippen LogP) is 3.10. The van der Waals surface area contributed by atoms with Crippen molar-refractivity contribution in [3.8, 4) is 11.5 Å². The Balaban J connectivity index is 1.91. The van der Waals surface area contributed by atoms with Crippen LogP contribution in [0.1, 0.15) is 10.4 Å². The number of carbonyl (C=O) groups excluding carboxylic acids is 1. The van der Waals surface area contributed by atoms with Crippen LogP contribution in [-0.2, 0) is 11.3 Å². The van der Waals surface area contributed by atoms with Crippen LogP contribution in [0.5, 0.6) is 11.5 Å². The first-order valence-corrected chi connectivity index (χ1v) is 7.52. The van der Waals surface area contributed by atoms with E-state index in [2.05, 4.69) is 13.0 Å². The molecule has 1 heterocycles. The summed E-state index contributed by atoms with van der Waals surface area (Å²) in [6.45, 7) is 2.66. The average molecular weight is 305 g/mol. The molecule has 2 aromatic rings. The molecule has 0 radical (unpaired) electrons. The second kappa shape index (κ2) is 7.13. The number of hydrogen-bond donors (Lipinski definition) is 0. The maximum absolute atomic E-state index is 12.1. The molecule has 0 saturated heterocycles. The first-order valence-electron chi connectivity index (χ1n) is 6.64. The number of benzene rings is 1. The highest BCUT2D eigenvalue weighted by atomic mass is 32.1. The van der Waals surface area contributed by atoms with E-state index in [1.54, 1.807) is 42.5 Å². The van der Waals surface area contributed by atoms with Crippen molar-refractivity contribution in [1.29, 1.82) is 0 Å². The van der Waals surface area contributed by atoms with Gasteiger partial charge in [0.25, 0.3) is 5.91 Å². The van der Waals surface area contributed by atoms with Gasteiger partial charge in [0.2, 0.25) is 0 Å². The van der Waals surface area contributed by atoms with E-state index in [1.807, 2.05) is 17.5 Å². The van der Waals surface area contributed by atoms with Crippen LogP contribution in [0.25, 0.3) is 0 Å². The van der Waals surface area contributed by atoms with Gasteiger partial charge in [0.15, 0.2) is 18.1 Å². The van der Waals surface area contributed by atoms with Crippen molar-refractivity contribution in [2.75, 3.05) is 20.8 Å². The van der Waals surface area contributed by atoms with Gasteiger partial charge in [0.05, 0.1) is 13.7 Å². The van der Waals surface area contributed by atoms with E-state index in [0.717, 1.165) is 0 Å². The standard InChI is InChI=1S/C16H19NO3S/c1-12-8-9-21-15(12)10-17(2)16(18)11-20-14-7-5-4-6-13(14)19-3/h4-9H,10-11H2,1-3H3. The van der Waals surface area contributed by atoms with E-state index in [9.17, 15) is 4.79 Å². The molecule has 0 bridgehead atoms. The second-order valence-corrected chi connectivity index (χ2v) is 5.72. The summed E-state index contributed by atoms with van der Waals surface area (Å²) in [5, 5.41) is 2.04. The van der Waals surface area contributed by atoms with Crippen LogP contribution in [0.15, 0.2) is 35.7 Å². The first kappa shape index (κ1) is 15.4. The number of amides is 1. The molecule has 5 heteroatoms. The van der Waals surface area contributed by atoms with Crippen molar-refractivity contribution in [1.82, 2.24) is 4.90 Å². The Morgan fingerprint density at radius 3 is 2.57 bits per heavy atom. The molecule has 0 atom stereocenters. The largest absolute Gasteiger partial charge is 0.493 e.